The van der Waals surface area contributed by atoms with Crippen LogP contribution in [0.3, 0.4) is 0 Å². The van der Waals surface area contributed by atoms with Crippen LogP contribution in [-0.2, 0) is 9.53 Å². The molecule has 1 amide bonds. The Bertz CT molecular complexity index is 695. The van der Waals surface area contributed by atoms with E-state index >= 15 is 0 Å². The predicted octanol–water partition coefficient (Wildman–Crippen LogP) is 3.70. The Morgan fingerprint density at radius 3 is 2.36 bits per heavy atom. The van der Waals surface area contributed by atoms with E-state index in [0.717, 1.165) is 18.4 Å². The number of benzene rings is 1. The first-order valence-corrected chi connectivity index (χ1v) is 6.80. The van der Waals surface area contributed by atoms with Crippen LogP contribution in [0.1, 0.15) is 10.4 Å². The van der Waals surface area contributed by atoms with Gasteiger partial charge in [0.15, 0.2) is 0 Å². The van der Waals surface area contributed by atoms with Gasteiger partial charge in [-0.05, 0) is 11.6 Å². The fourth-order valence-corrected chi connectivity index (χ4v) is 2.71. The number of methoxy groups -OCH3 is 1. The van der Waals surface area contributed by atoms with Crippen molar-refractivity contribution in [3.63, 3.8) is 0 Å². The number of nitrogens with one attached hydrogen (secondary N) is 1. The van der Waals surface area contributed by atoms with Gasteiger partial charge < -0.3 is 10.1 Å². The number of hydrogen-bond acceptors (Lipinski definition) is 4. The molecule has 0 aliphatic heterocycles. The summed E-state index contributed by atoms with van der Waals surface area (Å²) in [5, 5.41) is 1.51. The van der Waals surface area contributed by atoms with E-state index in [1.54, 1.807) is 35.6 Å². The molecule has 116 valence electrons. The van der Waals surface area contributed by atoms with Crippen LogP contribution in [-0.4, -0.2) is 25.2 Å². The second-order valence-electron chi connectivity index (χ2n) is 4.16. The fourth-order valence-electron chi connectivity index (χ4n) is 1.66. The standard InChI is InChI=1S/C14H10F3NO3S/c1-21-12(19)9-7-10(8-5-3-2-4-6-8)22-11(9)18-13(20)14(15,16)17/h2-7H,1H3,(H,18,20). The Balaban J connectivity index is 2.41. The molecule has 22 heavy (non-hydrogen) atoms. The number of carbonyl (C=O) groups is 2. The average Bonchev–Trinajstić information content (AvgIpc) is 2.90. The van der Waals surface area contributed by atoms with Crippen molar-refractivity contribution in [3.8, 4) is 10.4 Å². The Hall–Kier alpha value is -2.35. The van der Waals surface area contributed by atoms with Crippen LogP contribution < -0.4 is 5.32 Å². The number of carbonyl (C=O) groups excluding carboxylic acids is 2. The average molecular weight is 329 g/mol. The topological polar surface area (TPSA) is 55.4 Å². The van der Waals surface area contributed by atoms with E-state index in [4.69, 9.17) is 0 Å². The summed E-state index contributed by atoms with van der Waals surface area (Å²) in [6, 6.07) is 10.1. The highest BCUT2D eigenvalue weighted by Gasteiger charge is 2.39. The van der Waals surface area contributed by atoms with Gasteiger partial charge in [-0.3, -0.25) is 4.79 Å². The zero-order valence-corrected chi connectivity index (χ0v) is 12.0. The summed E-state index contributed by atoms with van der Waals surface area (Å²) in [6.07, 6.45) is -5.04. The van der Waals surface area contributed by atoms with Gasteiger partial charge in [0.2, 0.25) is 0 Å². The number of alkyl halides is 3. The molecule has 8 heteroatoms. The summed E-state index contributed by atoms with van der Waals surface area (Å²) in [4.78, 5) is 23.3. The fraction of sp³-hybridized carbons (Fsp3) is 0.143. The SMILES string of the molecule is COC(=O)c1cc(-c2ccccc2)sc1NC(=O)C(F)(F)F. The monoisotopic (exact) mass is 329 g/mol. The molecule has 1 N–H and O–H groups in total. The molecule has 0 bridgehead atoms. The Labute approximate surface area is 127 Å². The van der Waals surface area contributed by atoms with E-state index < -0.39 is 18.1 Å². The third-order valence-corrected chi connectivity index (χ3v) is 3.78. The second kappa shape index (κ2) is 6.18. The second-order valence-corrected chi connectivity index (χ2v) is 5.22. The summed E-state index contributed by atoms with van der Waals surface area (Å²) in [7, 11) is 1.11. The summed E-state index contributed by atoms with van der Waals surface area (Å²) in [5.41, 5.74) is 0.592. The number of hydrogen-bond donors (Lipinski definition) is 1. The molecule has 1 aromatic heterocycles. The van der Waals surface area contributed by atoms with Gasteiger partial charge in [0.25, 0.3) is 0 Å². The maximum Gasteiger partial charge on any atom is 0.471 e. The van der Waals surface area contributed by atoms with Gasteiger partial charge in [-0.25, -0.2) is 4.79 Å². The summed E-state index contributed by atoms with van der Waals surface area (Å²) >= 11 is 0.868. The maximum absolute atomic E-state index is 12.4. The van der Waals surface area contributed by atoms with Crippen molar-refractivity contribution >= 4 is 28.2 Å². The molecular weight excluding hydrogens is 319 g/mol. The Morgan fingerprint density at radius 2 is 1.82 bits per heavy atom. The molecule has 1 aromatic carbocycles. The number of rotatable bonds is 3. The van der Waals surface area contributed by atoms with Crippen LogP contribution >= 0.6 is 11.3 Å². The molecule has 0 fully saturated rings. The molecule has 0 aliphatic rings. The lowest BCUT2D eigenvalue weighted by atomic mass is 10.1. The molecule has 0 spiro atoms. The van der Waals surface area contributed by atoms with Crippen molar-refractivity contribution in [2.75, 3.05) is 12.4 Å². The number of esters is 1. The molecule has 1 heterocycles. The summed E-state index contributed by atoms with van der Waals surface area (Å²) in [5.74, 6) is -2.96. The molecule has 0 saturated carbocycles. The minimum absolute atomic E-state index is 0.121. The van der Waals surface area contributed by atoms with Gasteiger partial charge in [-0.2, -0.15) is 13.2 Å². The van der Waals surface area contributed by atoms with Gasteiger partial charge in [-0.15, -0.1) is 11.3 Å². The first kappa shape index (κ1) is 16.0. The van der Waals surface area contributed by atoms with E-state index in [1.807, 2.05) is 0 Å². The molecule has 0 unspecified atom stereocenters. The lowest BCUT2D eigenvalue weighted by Crippen LogP contribution is -2.30. The lowest BCUT2D eigenvalue weighted by Gasteiger charge is -2.07. The molecule has 0 aliphatic carbocycles. The highest BCUT2D eigenvalue weighted by atomic mass is 32.1. The van der Waals surface area contributed by atoms with E-state index in [0.29, 0.717) is 10.4 Å². The van der Waals surface area contributed by atoms with E-state index in [1.165, 1.54) is 6.07 Å². The minimum atomic E-state index is -5.04. The van der Waals surface area contributed by atoms with E-state index in [2.05, 4.69) is 4.74 Å². The van der Waals surface area contributed by atoms with Crippen molar-refractivity contribution < 1.29 is 27.5 Å². The quantitative estimate of drug-likeness (QED) is 0.874. The number of halogens is 3. The molecule has 4 nitrogen and oxygen atoms in total. The van der Waals surface area contributed by atoms with Crippen LogP contribution in [0.25, 0.3) is 10.4 Å². The van der Waals surface area contributed by atoms with Gasteiger partial charge in [0.05, 0.1) is 12.7 Å². The minimum Gasteiger partial charge on any atom is -0.465 e. The van der Waals surface area contributed by atoms with Crippen LogP contribution in [0.5, 0.6) is 0 Å². The predicted molar refractivity (Wildman–Crippen MR) is 75.8 cm³/mol. The molecule has 0 atom stereocenters. The van der Waals surface area contributed by atoms with Crippen LogP contribution in [0.15, 0.2) is 36.4 Å². The number of anilines is 1. The zero-order chi connectivity index (χ0) is 16.3. The third-order valence-electron chi connectivity index (χ3n) is 2.68. The first-order valence-electron chi connectivity index (χ1n) is 5.98. The lowest BCUT2D eigenvalue weighted by molar-refractivity contribution is -0.167. The highest BCUT2D eigenvalue weighted by Crippen LogP contribution is 2.36. The number of amides is 1. The van der Waals surface area contributed by atoms with E-state index in [9.17, 15) is 22.8 Å². The highest BCUT2D eigenvalue weighted by molar-refractivity contribution is 7.20. The van der Waals surface area contributed by atoms with Crippen LogP contribution in [0.2, 0.25) is 0 Å². The Morgan fingerprint density at radius 1 is 1.18 bits per heavy atom. The smallest absolute Gasteiger partial charge is 0.465 e. The van der Waals surface area contributed by atoms with Gasteiger partial charge in [0.1, 0.15) is 5.00 Å². The van der Waals surface area contributed by atoms with Crippen molar-refractivity contribution in [2.24, 2.45) is 0 Å². The number of ether oxygens (including phenoxy) is 1. The van der Waals surface area contributed by atoms with Crippen LogP contribution in [0, 0.1) is 0 Å². The molecule has 0 radical (unpaired) electrons. The van der Waals surface area contributed by atoms with Crippen molar-refractivity contribution in [1.29, 1.82) is 0 Å². The maximum atomic E-state index is 12.4. The van der Waals surface area contributed by atoms with Crippen molar-refractivity contribution in [2.45, 2.75) is 6.18 Å². The van der Waals surface area contributed by atoms with Gasteiger partial charge in [-0.1, -0.05) is 30.3 Å². The largest absolute Gasteiger partial charge is 0.471 e. The third kappa shape index (κ3) is 3.45. The van der Waals surface area contributed by atoms with Crippen molar-refractivity contribution in [3.05, 3.63) is 42.0 Å². The molecule has 2 rings (SSSR count). The zero-order valence-electron chi connectivity index (χ0n) is 11.2. The van der Waals surface area contributed by atoms with Gasteiger partial charge in [0, 0.05) is 4.88 Å². The molecule has 0 saturated heterocycles. The normalized spacial score (nSPS) is 11.1. The van der Waals surface area contributed by atoms with Crippen molar-refractivity contribution in [1.82, 2.24) is 0 Å². The molecular formula is C14H10F3NO3S. The first-order chi connectivity index (χ1) is 10.3. The van der Waals surface area contributed by atoms with Crippen LogP contribution in [0.4, 0.5) is 18.2 Å². The molecule has 2 aromatic rings. The number of thiophene rings is 1. The Kier molecular flexibility index (Phi) is 4.51. The van der Waals surface area contributed by atoms with E-state index in [-0.39, 0.29) is 10.6 Å². The van der Waals surface area contributed by atoms with Gasteiger partial charge >= 0.3 is 18.1 Å². The summed E-state index contributed by atoms with van der Waals surface area (Å²) in [6.45, 7) is 0. The summed E-state index contributed by atoms with van der Waals surface area (Å²) < 4.78 is 41.6.